The number of ether oxygens (including phenoxy) is 1. The predicted molar refractivity (Wildman–Crippen MR) is 96.9 cm³/mol. The lowest BCUT2D eigenvalue weighted by molar-refractivity contribution is 0.139. The zero-order valence-corrected chi connectivity index (χ0v) is 14.5. The van der Waals surface area contributed by atoms with E-state index in [1.165, 1.54) is 30.3 Å². The van der Waals surface area contributed by atoms with Gasteiger partial charge in [0.1, 0.15) is 11.6 Å². The molecule has 1 heterocycles. The first kappa shape index (κ1) is 18.2. The molecule has 6 heteroatoms. The van der Waals surface area contributed by atoms with Gasteiger partial charge in [-0.25, -0.2) is 8.78 Å². The van der Waals surface area contributed by atoms with Crippen molar-refractivity contribution in [1.82, 2.24) is 9.88 Å². The minimum atomic E-state index is -0.436. The molecule has 1 aromatic heterocycles. The second-order valence-electron chi connectivity index (χ2n) is 6.18. The van der Waals surface area contributed by atoms with Crippen LogP contribution < -0.4 is 5.43 Å². The van der Waals surface area contributed by atoms with E-state index in [9.17, 15) is 13.6 Å². The number of benzene rings is 2. The topological polar surface area (TPSA) is 45.3 Å². The molecule has 0 radical (unpaired) electrons. The summed E-state index contributed by atoms with van der Waals surface area (Å²) in [6.07, 6.45) is 0. The molecule has 3 rings (SSSR count). The van der Waals surface area contributed by atoms with E-state index in [0.717, 1.165) is 11.3 Å². The van der Waals surface area contributed by atoms with E-state index in [2.05, 4.69) is 9.88 Å². The third-order valence-corrected chi connectivity index (χ3v) is 4.17. The molecule has 136 valence electrons. The Kier molecular flexibility index (Phi) is 5.75. The average molecular weight is 358 g/mol. The van der Waals surface area contributed by atoms with Crippen LogP contribution in [0.25, 0.3) is 10.9 Å². The Bertz CT molecular complexity index is 939. The van der Waals surface area contributed by atoms with Crippen LogP contribution >= 0.6 is 0 Å². The Labute approximate surface area is 150 Å². The molecule has 0 saturated carbocycles. The maximum Gasteiger partial charge on any atom is 0.189 e. The van der Waals surface area contributed by atoms with Crippen molar-refractivity contribution in [2.75, 3.05) is 20.3 Å². The van der Waals surface area contributed by atoms with Crippen molar-refractivity contribution in [3.8, 4) is 0 Å². The molecule has 4 nitrogen and oxygen atoms in total. The standard InChI is InChI=1S/C20H20F2N2O2/c1-26-9-8-24(12-14-2-4-15(21)5-3-14)13-17-11-20(25)18-10-16(22)6-7-19(18)23-17/h2-7,10-11H,8-9,12-13H2,1H3,(H,23,25). The minimum Gasteiger partial charge on any atom is -0.383 e. The SMILES string of the molecule is COCCN(Cc1ccc(F)cc1)Cc1cc(=O)c2cc(F)ccc2[nH]1. The number of rotatable bonds is 7. The molecule has 0 amide bonds. The van der Waals surface area contributed by atoms with E-state index in [-0.39, 0.29) is 11.2 Å². The maximum absolute atomic E-state index is 13.3. The largest absolute Gasteiger partial charge is 0.383 e. The quantitative estimate of drug-likeness (QED) is 0.704. The number of halogens is 2. The molecule has 0 spiro atoms. The number of H-pyrrole nitrogens is 1. The average Bonchev–Trinajstić information content (AvgIpc) is 2.62. The maximum atomic E-state index is 13.3. The van der Waals surface area contributed by atoms with Gasteiger partial charge < -0.3 is 9.72 Å². The number of nitrogens with one attached hydrogen (secondary N) is 1. The lowest BCUT2D eigenvalue weighted by Gasteiger charge is -2.22. The van der Waals surface area contributed by atoms with Crippen LogP contribution in [0.5, 0.6) is 0 Å². The van der Waals surface area contributed by atoms with Crippen molar-refractivity contribution in [2.24, 2.45) is 0 Å². The van der Waals surface area contributed by atoms with Crippen LogP contribution in [0.1, 0.15) is 11.3 Å². The van der Waals surface area contributed by atoms with Gasteiger partial charge in [0.2, 0.25) is 0 Å². The Morgan fingerprint density at radius 2 is 1.73 bits per heavy atom. The first-order chi connectivity index (χ1) is 12.5. The Morgan fingerprint density at radius 3 is 2.46 bits per heavy atom. The van der Waals surface area contributed by atoms with Gasteiger partial charge >= 0.3 is 0 Å². The second-order valence-corrected chi connectivity index (χ2v) is 6.18. The number of pyridine rings is 1. The first-order valence-corrected chi connectivity index (χ1v) is 8.32. The number of methoxy groups -OCH3 is 1. The van der Waals surface area contributed by atoms with Gasteiger partial charge in [-0.3, -0.25) is 9.69 Å². The van der Waals surface area contributed by atoms with Crippen molar-refractivity contribution in [3.63, 3.8) is 0 Å². The summed E-state index contributed by atoms with van der Waals surface area (Å²) in [6.45, 7) is 2.26. The van der Waals surface area contributed by atoms with Crippen LogP contribution in [0.4, 0.5) is 8.78 Å². The van der Waals surface area contributed by atoms with E-state index >= 15 is 0 Å². The molecule has 0 atom stereocenters. The molecule has 0 aliphatic carbocycles. The summed E-state index contributed by atoms with van der Waals surface area (Å²) in [6, 6.07) is 11.9. The highest BCUT2D eigenvalue weighted by Gasteiger charge is 2.10. The monoisotopic (exact) mass is 358 g/mol. The lowest BCUT2D eigenvalue weighted by Crippen LogP contribution is -2.27. The molecular weight excluding hydrogens is 338 g/mol. The Balaban J connectivity index is 1.83. The Morgan fingerprint density at radius 1 is 1.00 bits per heavy atom. The van der Waals surface area contributed by atoms with E-state index < -0.39 is 5.82 Å². The van der Waals surface area contributed by atoms with Crippen molar-refractivity contribution in [3.05, 3.63) is 81.6 Å². The van der Waals surface area contributed by atoms with Gasteiger partial charge in [0.25, 0.3) is 0 Å². The van der Waals surface area contributed by atoms with E-state index in [0.29, 0.717) is 37.1 Å². The smallest absolute Gasteiger partial charge is 0.189 e. The van der Waals surface area contributed by atoms with Crippen LogP contribution in [0.3, 0.4) is 0 Å². The molecule has 1 N–H and O–H groups in total. The van der Waals surface area contributed by atoms with Gasteiger partial charge in [0, 0.05) is 49.4 Å². The van der Waals surface area contributed by atoms with Crippen LogP contribution in [-0.4, -0.2) is 30.1 Å². The third kappa shape index (κ3) is 4.53. The van der Waals surface area contributed by atoms with Gasteiger partial charge in [0.15, 0.2) is 5.43 Å². The van der Waals surface area contributed by atoms with Crippen molar-refractivity contribution in [1.29, 1.82) is 0 Å². The predicted octanol–water partition coefficient (Wildman–Crippen LogP) is 3.45. The third-order valence-electron chi connectivity index (χ3n) is 4.17. The van der Waals surface area contributed by atoms with Crippen molar-refractivity contribution < 1.29 is 13.5 Å². The zero-order chi connectivity index (χ0) is 18.5. The van der Waals surface area contributed by atoms with Crippen LogP contribution in [0, 0.1) is 11.6 Å². The highest BCUT2D eigenvalue weighted by Crippen LogP contribution is 2.13. The number of hydrogen-bond acceptors (Lipinski definition) is 3. The lowest BCUT2D eigenvalue weighted by atomic mass is 10.1. The van der Waals surface area contributed by atoms with Crippen LogP contribution in [0.2, 0.25) is 0 Å². The number of fused-ring (bicyclic) bond motifs is 1. The highest BCUT2D eigenvalue weighted by molar-refractivity contribution is 5.78. The highest BCUT2D eigenvalue weighted by atomic mass is 19.1. The number of aromatic nitrogens is 1. The normalized spacial score (nSPS) is 11.4. The summed E-state index contributed by atoms with van der Waals surface area (Å²) in [4.78, 5) is 17.6. The van der Waals surface area contributed by atoms with Crippen molar-refractivity contribution >= 4 is 10.9 Å². The van der Waals surface area contributed by atoms with Gasteiger partial charge in [-0.05, 0) is 35.9 Å². The van der Waals surface area contributed by atoms with Crippen LogP contribution in [0.15, 0.2) is 53.3 Å². The number of hydrogen-bond donors (Lipinski definition) is 1. The fourth-order valence-electron chi connectivity index (χ4n) is 2.88. The van der Waals surface area contributed by atoms with Gasteiger partial charge in [-0.15, -0.1) is 0 Å². The Hall–Kier alpha value is -2.57. The van der Waals surface area contributed by atoms with E-state index in [1.54, 1.807) is 25.3 Å². The van der Waals surface area contributed by atoms with Crippen molar-refractivity contribution in [2.45, 2.75) is 13.1 Å². The summed E-state index contributed by atoms with van der Waals surface area (Å²) in [7, 11) is 1.63. The zero-order valence-electron chi connectivity index (χ0n) is 14.5. The molecule has 0 saturated heterocycles. The second kappa shape index (κ2) is 8.21. The molecule has 2 aromatic carbocycles. The fourth-order valence-corrected chi connectivity index (χ4v) is 2.88. The fraction of sp³-hybridized carbons (Fsp3) is 0.250. The first-order valence-electron chi connectivity index (χ1n) is 8.32. The summed E-state index contributed by atoms with van der Waals surface area (Å²) in [5.74, 6) is -0.711. The molecule has 0 aliphatic rings. The summed E-state index contributed by atoms with van der Waals surface area (Å²) in [5, 5.41) is 0.329. The summed E-state index contributed by atoms with van der Waals surface area (Å²) < 4.78 is 31.6. The molecule has 0 unspecified atom stereocenters. The minimum absolute atomic E-state index is 0.221. The van der Waals surface area contributed by atoms with Crippen LogP contribution in [-0.2, 0) is 17.8 Å². The molecule has 3 aromatic rings. The van der Waals surface area contributed by atoms with Gasteiger partial charge in [0.05, 0.1) is 6.61 Å². The molecule has 0 aliphatic heterocycles. The molecule has 0 fully saturated rings. The summed E-state index contributed by atoms with van der Waals surface area (Å²) >= 11 is 0. The molecule has 0 bridgehead atoms. The summed E-state index contributed by atoms with van der Waals surface area (Å²) in [5.41, 5.74) is 2.07. The van der Waals surface area contributed by atoms with E-state index in [4.69, 9.17) is 4.74 Å². The number of aromatic amines is 1. The van der Waals surface area contributed by atoms with E-state index in [1.807, 2.05) is 0 Å². The molecule has 26 heavy (non-hydrogen) atoms. The van der Waals surface area contributed by atoms with Gasteiger partial charge in [-0.1, -0.05) is 12.1 Å². The molecular formula is C20H20F2N2O2. The number of nitrogens with zero attached hydrogens (tertiary/aromatic N) is 1. The van der Waals surface area contributed by atoms with Gasteiger partial charge in [-0.2, -0.15) is 0 Å².